The Morgan fingerprint density at radius 3 is 2.58 bits per heavy atom. The van der Waals surface area contributed by atoms with E-state index in [1.165, 1.54) is 6.21 Å². The van der Waals surface area contributed by atoms with Gasteiger partial charge in [-0.1, -0.05) is 44.2 Å². The van der Waals surface area contributed by atoms with Gasteiger partial charge in [0.2, 0.25) is 6.79 Å². The van der Waals surface area contributed by atoms with E-state index in [0.717, 1.165) is 9.13 Å². The predicted octanol–water partition coefficient (Wildman–Crippen LogP) is 4.51. The fourth-order valence-electron chi connectivity index (χ4n) is 3.72. The van der Waals surface area contributed by atoms with Crippen molar-refractivity contribution in [1.29, 1.82) is 0 Å². The highest BCUT2D eigenvalue weighted by atomic mass is 127. The molecular weight excluding hydrogens is 601 g/mol. The largest absolute Gasteiger partial charge is 0.493 e. The molecule has 2 amide bonds. The van der Waals surface area contributed by atoms with Crippen molar-refractivity contribution in [3.05, 3.63) is 80.9 Å². The second-order valence-electron chi connectivity index (χ2n) is 8.81. The molecule has 0 saturated carbocycles. The van der Waals surface area contributed by atoms with Crippen molar-refractivity contribution in [3.8, 4) is 23.0 Å². The van der Waals surface area contributed by atoms with Crippen LogP contribution in [0.4, 0.5) is 0 Å². The molecule has 38 heavy (non-hydrogen) atoms. The molecule has 0 spiro atoms. The van der Waals surface area contributed by atoms with Crippen LogP contribution in [0.1, 0.15) is 35.3 Å². The van der Waals surface area contributed by atoms with Crippen LogP contribution >= 0.6 is 22.6 Å². The molecule has 1 aliphatic rings. The molecule has 198 valence electrons. The van der Waals surface area contributed by atoms with E-state index in [2.05, 4.69) is 38.4 Å². The third-order valence-electron chi connectivity index (χ3n) is 5.74. The zero-order chi connectivity index (χ0) is 27.1. The summed E-state index contributed by atoms with van der Waals surface area (Å²) >= 11 is 2.17. The number of halogens is 1. The highest BCUT2D eigenvalue weighted by Gasteiger charge is 2.25. The molecule has 10 heteroatoms. The van der Waals surface area contributed by atoms with Gasteiger partial charge in [-0.25, -0.2) is 5.43 Å². The van der Waals surface area contributed by atoms with Crippen LogP contribution in [-0.4, -0.2) is 38.0 Å². The van der Waals surface area contributed by atoms with Crippen LogP contribution in [0.5, 0.6) is 23.0 Å². The molecule has 0 aliphatic carbocycles. The first-order valence-corrected chi connectivity index (χ1v) is 13.0. The summed E-state index contributed by atoms with van der Waals surface area (Å²) < 4.78 is 23.0. The summed E-state index contributed by atoms with van der Waals surface area (Å²) in [6.07, 6.45) is 1.51. The highest BCUT2D eigenvalue weighted by Crippen LogP contribution is 2.34. The third-order valence-corrected chi connectivity index (χ3v) is 6.54. The van der Waals surface area contributed by atoms with Gasteiger partial charge in [-0.05, 0) is 70.0 Å². The molecule has 3 aromatic rings. The molecule has 4 rings (SSSR count). The average Bonchev–Trinajstić information content (AvgIpc) is 3.39. The monoisotopic (exact) mass is 629 g/mol. The van der Waals surface area contributed by atoms with Crippen LogP contribution in [0.3, 0.4) is 0 Å². The Labute approximate surface area is 234 Å². The molecule has 0 aromatic heterocycles. The summed E-state index contributed by atoms with van der Waals surface area (Å²) in [5.41, 5.74) is 4.65. The normalized spacial score (nSPS) is 12.9. The molecule has 1 unspecified atom stereocenters. The van der Waals surface area contributed by atoms with E-state index in [0.29, 0.717) is 40.7 Å². The number of carbonyl (C=O) groups is 2. The lowest BCUT2D eigenvalue weighted by atomic mass is 10.0. The van der Waals surface area contributed by atoms with E-state index in [9.17, 15) is 9.59 Å². The molecule has 9 nitrogen and oxygen atoms in total. The van der Waals surface area contributed by atoms with Crippen molar-refractivity contribution in [2.24, 2.45) is 11.0 Å². The number of hydrogen-bond acceptors (Lipinski definition) is 7. The van der Waals surface area contributed by atoms with Crippen LogP contribution in [0.2, 0.25) is 0 Å². The smallest absolute Gasteiger partial charge is 0.262 e. The number of fused-ring (bicyclic) bond motifs is 1. The number of methoxy groups -OCH3 is 1. The fourth-order valence-corrected chi connectivity index (χ4v) is 4.50. The predicted molar refractivity (Wildman–Crippen MR) is 151 cm³/mol. The molecule has 3 aromatic carbocycles. The topological polar surface area (TPSA) is 107 Å². The second-order valence-corrected chi connectivity index (χ2v) is 9.97. The van der Waals surface area contributed by atoms with Gasteiger partial charge in [-0.15, -0.1) is 0 Å². The van der Waals surface area contributed by atoms with E-state index in [4.69, 9.17) is 18.9 Å². The van der Waals surface area contributed by atoms with Crippen LogP contribution in [-0.2, 0) is 11.4 Å². The molecule has 0 saturated heterocycles. The van der Waals surface area contributed by atoms with Crippen molar-refractivity contribution >= 4 is 40.6 Å². The van der Waals surface area contributed by atoms with Gasteiger partial charge >= 0.3 is 0 Å². The summed E-state index contributed by atoms with van der Waals surface area (Å²) in [4.78, 5) is 25.7. The molecule has 0 bridgehead atoms. The number of rotatable bonds is 10. The lowest BCUT2D eigenvalue weighted by Crippen LogP contribution is -2.48. The highest BCUT2D eigenvalue weighted by molar-refractivity contribution is 14.1. The van der Waals surface area contributed by atoms with E-state index in [-0.39, 0.29) is 12.7 Å². The van der Waals surface area contributed by atoms with Crippen molar-refractivity contribution in [1.82, 2.24) is 10.7 Å². The van der Waals surface area contributed by atoms with Gasteiger partial charge in [0.1, 0.15) is 12.6 Å². The van der Waals surface area contributed by atoms with Gasteiger partial charge in [0.05, 0.1) is 16.9 Å². The summed E-state index contributed by atoms with van der Waals surface area (Å²) in [5, 5.41) is 6.88. The Kier molecular flexibility index (Phi) is 9.06. The Balaban J connectivity index is 1.39. The maximum atomic E-state index is 12.9. The van der Waals surface area contributed by atoms with Gasteiger partial charge in [0.25, 0.3) is 11.8 Å². The summed E-state index contributed by atoms with van der Waals surface area (Å²) in [7, 11) is 1.57. The zero-order valence-corrected chi connectivity index (χ0v) is 23.4. The number of hydrogen-bond donors (Lipinski definition) is 2. The van der Waals surface area contributed by atoms with Gasteiger partial charge < -0.3 is 24.3 Å². The maximum absolute atomic E-state index is 12.9. The molecule has 1 atom stereocenters. The summed E-state index contributed by atoms with van der Waals surface area (Å²) in [6.45, 7) is 4.21. The van der Waals surface area contributed by atoms with Crippen LogP contribution < -0.4 is 29.7 Å². The van der Waals surface area contributed by atoms with Crippen LogP contribution in [0.25, 0.3) is 0 Å². The first-order chi connectivity index (χ1) is 18.4. The molecular formula is C28H28IN3O6. The minimum atomic E-state index is -0.798. The standard InChI is InChI=1S/C28H28IN3O6/c1-17(2)25(31-27(33)20-9-10-22-23(13-20)38-16-37-22)28(34)32-30-14-19-11-21(29)26(24(12-19)35-3)36-15-18-7-5-4-6-8-18/h4-14,17,25H,15-16H2,1-3H3,(H,31,33)(H,32,34). The van der Waals surface area contributed by atoms with E-state index in [1.807, 2.05) is 50.2 Å². The van der Waals surface area contributed by atoms with Crippen LogP contribution in [0, 0.1) is 9.49 Å². The number of benzene rings is 3. The number of carbonyl (C=O) groups excluding carboxylic acids is 2. The van der Waals surface area contributed by atoms with Gasteiger partial charge in [0.15, 0.2) is 23.0 Å². The zero-order valence-electron chi connectivity index (χ0n) is 21.2. The van der Waals surface area contributed by atoms with Crippen molar-refractivity contribution in [2.45, 2.75) is 26.5 Å². The quantitative estimate of drug-likeness (QED) is 0.194. The number of hydrazone groups is 1. The Morgan fingerprint density at radius 2 is 1.84 bits per heavy atom. The second kappa shape index (κ2) is 12.6. The molecule has 0 fully saturated rings. The van der Waals surface area contributed by atoms with Gasteiger partial charge in [-0.3, -0.25) is 9.59 Å². The number of ether oxygens (including phenoxy) is 4. The maximum Gasteiger partial charge on any atom is 0.262 e. The van der Waals surface area contributed by atoms with Crippen LogP contribution in [0.15, 0.2) is 65.8 Å². The number of nitrogens with zero attached hydrogens (tertiary/aromatic N) is 1. The molecule has 0 radical (unpaired) electrons. The number of nitrogens with one attached hydrogen (secondary N) is 2. The lowest BCUT2D eigenvalue weighted by molar-refractivity contribution is -0.123. The minimum Gasteiger partial charge on any atom is -0.493 e. The van der Waals surface area contributed by atoms with E-state index in [1.54, 1.807) is 31.4 Å². The SMILES string of the molecule is COc1cc(C=NNC(=O)C(NC(=O)c2ccc3c(c2)OCO3)C(C)C)cc(I)c1OCc1ccccc1. The average molecular weight is 629 g/mol. The Hall–Kier alpha value is -3.80. The number of amides is 2. The van der Waals surface area contributed by atoms with E-state index >= 15 is 0 Å². The Morgan fingerprint density at radius 1 is 1.08 bits per heavy atom. The van der Waals surface area contributed by atoms with Crippen molar-refractivity contribution < 1.29 is 28.5 Å². The third kappa shape index (κ3) is 6.74. The first-order valence-electron chi connectivity index (χ1n) is 11.9. The summed E-state index contributed by atoms with van der Waals surface area (Å²) in [6, 6.07) is 17.6. The van der Waals surface area contributed by atoms with Gasteiger partial charge in [0, 0.05) is 5.56 Å². The molecule has 2 N–H and O–H groups in total. The molecule has 1 aliphatic heterocycles. The van der Waals surface area contributed by atoms with Crippen molar-refractivity contribution in [3.63, 3.8) is 0 Å². The minimum absolute atomic E-state index is 0.115. The lowest BCUT2D eigenvalue weighted by Gasteiger charge is -2.20. The van der Waals surface area contributed by atoms with Crippen molar-refractivity contribution in [2.75, 3.05) is 13.9 Å². The van der Waals surface area contributed by atoms with E-state index < -0.39 is 17.9 Å². The Bertz CT molecular complexity index is 1330. The molecule has 1 heterocycles. The first kappa shape index (κ1) is 27.2. The fraction of sp³-hybridized carbons (Fsp3) is 0.250. The van der Waals surface area contributed by atoms with Gasteiger partial charge in [-0.2, -0.15) is 5.10 Å². The summed E-state index contributed by atoms with van der Waals surface area (Å²) in [5.74, 6) is 1.25.